The van der Waals surface area contributed by atoms with Crippen LogP contribution in [0.3, 0.4) is 0 Å². The van der Waals surface area contributed by atoms with Crippen LogP contribution in [-0.4, -0.2) is 32.1 Å². The first-order valence-electron chi connectivity index (χ1n) is 9.30. The maximum atomic E-state index is 13.2. The van der Waals surface area contributed by atoms with Gasteiger partial charge in [0.25, 0.3) is 0 Å². The molecule has 0 saturated carbocycles. The summed E-state index contributed by atoms with van der Waals surface area (Å²) in [6, 6.07) is 10.7. The summed E-state index contributed by atoms with van der Waals surface area (Å²) in [7, 11) is 4.60. The number of hydrogen-bond donors (Lipinski definition) is 0. The van der Waals surface area contributed by atoms with Crippen LogP contribution >= 0.6 is 23.2 Å². The molecular weight excluding hydrogens is 441 g/mol. The number of pyridine rings is 1. The van der Waals surface area contributed by atoms with E-state index in [2.05, 4.69) is 4.98 Å². The lowest BCUT2D eigenvalue weighted by molar-refractivity contribution is 0.0987. The van der Waals surface area contributed by atoms with Crippen molar-refractivity contribution >= 4 is 29.0 Å². The summed E-state index contributed by atoms with van der Waals surface area (Å²) in [5.41, 5.74) is 1.68. The summed E-state index contributed by atoms with van der Waals surface area (Å²) in [4.78, 5) is 17.1. The van der Waals surface area contributed by atoms with Gasteiger partial charge >= 0.3 is 0 Å². The zero-order valence-electron chi connectivity index (χ0n) is 17.3. The molecule has 0 unspecified atom stereocenters. The number of ether oxygens (including phenoxy) is 4. The van der Waals surface area contributed by atoms with E-state index < -0.39 is 0 Å². The zero-order chi connectivity index (χ0) is 22.4. The first-order valence-corrected chi connectivity index (χ1v) is 10.1. The zero-order valence-corrected chi connectivity index (χ0v) is 18.8. The summed E-state index contributed by atoms with van der Waals surface area (Å²) in [5, 5.41) is 0.639. The third-order valence-electron chi connectivity index (χ3n) is 4.61. The lowest BCUT2D eigenvalue weighted by Gasteiger charge is -2.17. The Labute approximate surface area is 190 Å². The van der Waals surface area contributed by atoms with Gasteiger partial charge < -0.3 is 18.9 Å². The molecule has 0 fully saturated rings. The smallest absolute Gasteiger partial charge is 0.204 e. The van der Waals surface area contributed by atoms with Crippen LogP contribution in [0.15, 0.2) is 48.8 Å². The quantitative estimate of drug-likeness (QED) is 0.396. The van der Waals surface area contributed by atoms with Crippen molar-refractivity contribution in [1.82, 2.24) is 4.98 Å². The van der Waals surface area contributed by atoms with E-state index in [9.17, 15) is 4.79 Å². The summed E-state index contributed by atoms with van der Waals surface area (Å²) >= 11 is 12.4. The summed E-state index contributed by atoms with van der Waals surface area (Å²) in [6.45, 7) is 0.192. The first kappa shape index (κ1) is 22.7. The highest BCUT2D eigenvalue weighted by atomic mass is 35.5. The SMILES string of the molecule is COc1cccc(COc2c(C(=O)Cc3c(Cl)cncc3Cl)ccc(OC)c2OC)c1. The Kier molecular flexibility index (Phi) is 7.60. The average molecular weight is 462 g/mol. The van der Waals surface area contributed by atoms with Crippen LogP contribution in [0, 0.1) is 0 Å². The minimum absolute atomic E-state index is 0.0226. The van der Waals surface area contributed by atoms with E-state index in [4.69, 9.17) is 42.1 Å². The highest BCUT2D eigenvalue weighted by Gasteiger charge is 2.23. The molecule has 6 nitrogen and oxygen atoms in total. The number of ketones is 1. The van der Waals surface area contributed by atoms with E-state index in [1.165, 1.54) is 26.6 Å². The van der Waals surface area contributed by atoms with Crippen molar-refractivity contribution in [2.24, 2.45) is 0 Å². The molecule has 1 aromatic heterocycles. The van der Waals surface area contributed by atoms with Crippen LogP contribution < -0.4 is 18.9 Å². The van der Waals surface area contributed by atoms with Crippen molar-refractivity contribution < 1.29 is 23.7 Å². The van der Waals surface area contributed by atoms with E-state index in [0.717, 1.165) is 5.56 Å². The van der Waals surface area contributed by atoms with Crippen LogP contribution in [-0.2, 0) is 13.0 Å². The normalized spacial score (nSPS) is 10.5. The Hall–Kier alpha value is -2.96. The fourth-order valence-corrected chi connectivity index (χ4v) is 3.54. The number of benzene rings is 2. The molecule has 8 heteroatoms. The molecular formula is C23H21Cl2NO5. The Bertz CT molecular complexity index is 1070. The number of halogens is 2. The van der Waals surface area contributed by atoms with E-state index in [0.29, 0.717) is 38.4 Å². The molecule has 0 amide bonds. The number of carbonyl (C=O) groups is 1. The number of methoxy groups -OCH3 is 3. The van der Waals surface area contributed by atoms with Crippen LogP contribution in [0.25, 0.3) is 0 Å². The van der Waals surface area contributed by atoms with Gasteiger partial charge in [-0.05, 0) is 29.8 Å². The molecule has 2 aromatic carbocycles. The third-order valence-corrected chi connectivity index (χ3v) is 5.26. The van der Waals surface area contributed by atoms with Crippen LogP contribution in [0.2, 0.25) is 10.0 Å². The molecule has 0 aliphatic carbocycles. The highest BCUT2D eigenvalue weighted by Crippen LogP contribution is 2.41. The molecule has 3 rings (SSSR count). The van der Waals surface area contributed by atoms with Gasteiger partial charge in [-0.2, -0.15) is 0 Å². The van der Waals surface area contributed by atoms with E-state index >= 15 is 0 Å². The average Bonchev–Trinajstić information content (AvgIpc) is 2.79. The van der Waals surface area contributed by atoms with Gasteiger partial charge in [-0.25, -0.2) is 0 Å². The van der Waals surface area contributed by atoms with Crippen molar-refractivity contribution in [3.05, 3.63) is 75.5 Å². The fraction of sp³-hybridized carbons (Fsp3) is 0.217. The maximum Gasteiger partial charge on any atom is 0.204 e. The van der Waals surface area contributed by atoms with Gasteiger partial charge in [0.05, 0.1) is 36.9 Å². The van der Waals surface area contributed by atoms with Crippen molar-refractivity contribution in [3.8, 4) is 23.0 Å². The molecule has 0 radical (unpaired) electrons. The van der Waals surface area contributed by atoms with E-state index in [1.807, 2.05) is 24.3 Å². The van der Waals surface area contributed by atoms with Crippen molar-refractivity contribution in [1.29, 1.82) is 0 Å². The summed E-state index contributed by atoms with van der Waals surface area (Å²) < 4.78 is 22.2. The number of carbonyl (C=O) groups excluding carboxylic acids is 1. The van der Waals surface area contributed by atoms with Crippen LogP contribution in [0.4, 0.5) is 0 Å². The van der Waals surface area contributed by atoms with E-state index in [1.54, 1.807) is 19.2 Å². The van der Waals surface area contributed by atoms with Crippen LogP contribution in [0.1, 0.15) is 21.5 Å². The fourth-order valence-electron chi connectivity index (χ4n) is 3.04. The molecule has 0 saturated heterocycles. The van der Waals surface area contributed by atoms with Crippen molar-refractivity contribution in [2.45, 2.75) is 13.0 Å². The predicted molar refractivity (Wildman–Crippen MR) is 119 cm³/mol. The summed E-state index contributed by atoms with van der Waals surface area (Å²) in [6.07, 6.45) is 2.88. The lowest BCUT2D eigenvalue weighted by Crippen LogP contribution is -2.10. The topological polar surface area (TPSA) is 66.9 Å². The van der Waals surface area contributed by atoms with Gasteiger partial charge in [-0.1, -0.05) is 35.3 Å². The second-order valence-electron chi connectivity index (χ2n) is 6.50. The van der Waals surface area contributed by atoms with E-state index in [-0.39, 0.29) is 24.6 Å². The third kappa shape index (κ3) is 5.21. The Morgan fingerprint density at radius 3 is 2.32 bits per heavy atom. The molecule has 0 aliphatic rings. The Balaban J connectivity index is 1.96. The van der Waals surface area contributed by atoms with Gasteiger partial charge in [-0.3, -0.25) is 9.78 Å². The Morgan fingerprint density at radius 2 is 1.68 bits per heavy atom. The standard InChI is InChI=1S/C23H21Cl2NO5/c1-28-15-6-4-5-14(9-15)13-31-22-16(7-8-21(29-2)23(22)30-3)20(27)10-17-18(24)11-26-12-19(17)25/h4-9,11-12H,10,13H2,1-3H3. The number of Topliss-reactive ketones (excluding diaryl/α,β-unsaturated/α-hetero) is 1. The number of rotatable bonds is 9. The second kappa shape index (κ2) is 10.4. The molecule has 0 aliphatic heterocycles. The lowest BCUT2D eigenvalue weighted by atomic mass is 10.0. The van der Waals surface area contributed by atoms with Gasteiger partial charge in [0.1, 0.15) is 12.4 Å². The molecule has 1 heterocycles. The second-order valence-corrected chi connectivity index (χ2v) is 7.31. The highest BCUT2D eigenvalue weighted by molar-refractivity contribution is 6.36. The van der Waals surface area contributed by atoms with Gasteiger partial charge in [-0.15, -0.1) is 0 Å². The van der Waals surface area contributed by atoms with Crippen molar-refractivity contribution in [2.75, 3.05) is 21.3 Å². The molecule has 0 N–H and O–H groups in total. The number of nitrogens with zero attached hydrogens (tertiary/aromatic N) is 1. The minimum Gasteiger partial charge on any atom is -0.497 e. The molecule has 0 spiro atoms. The van der Waals surface area contributed by atoms with Crippen LogP contribution in [0.5, 0.6) is 23.0 Å². The largest absolute Gasteiger partial charge is 0.497 e. The molecule has 162 valence electrons. The summed E-state index contributed by atoms with van der Waals surface area (Å²) in [5.74, 6) is 1.51. The van der Waals surface area contributed by atoms with Gasteiger partial charge in [0, 0.05) is 24.4 Å². The minimum atomic E-state index is -0.239. The number of aromatic nitrogens is 1. The monoisotopic (exact) mass is 461 g/mol. The van der Waals surface area contributed by atoms with Gasteiger partial charge in [0.15, 0.2) is 17.3 Å². The predicted octanol–water partition coefficient (Wildman–Crippen LogP) is 5.42. The first-order chi connectivity index (χ1) is 15.0. The van der Waals surface area contributed by atoms with Gasteiger partial charge in [0.2, 0.25) is 5.75 Å². The molecule has 31 heavy (non-hydrogen) atoms. The molecule has 0 atom stereocenters. The Morgan fingerprint density at radius 1 is 0.935 bits per heavy atom. The molecule has 3 aromatic rings. The maximum absolute atomic E-state index is 13.2. The van der Waals surface area contributed by atoms with Crippen molar-refractivity contribution in [3.63, 3.8) is 0 Å². The number of hydrogen-bond acceptors (Lipinski definition) is 6. The molecule has 0 bridgehead atoms.